The highest BCUT2D eigenvalue weighted by molar-refractivity contribution is 6.33. The van der Waals surface area contributed by atoms with Gasteiger partial charge in [-0.05, 0) is 43.9 Å². The monoisotopic (exact) mass is 250 g/mol. The second-order valence-electron chi connectivity index (χ2n) is 4.82. The van der Waals surface area contributed by atoms with Crippen LogP contribution in [0.1, 0.15) is 39.2 Å². The van der Waals surface area contributed by atoms with Crippen molar-refractivity contribution in [3.63, 3.8) is 0 Å². The van der Waals surface area contributed by atoms with Crippen LogP contribution in [0.25, 0.3) is 0 Å². The van der Waals surface area contributed by atoms with Crippen molar-refractivity contribution in [1.82, 2.24) is 0 Å². The van der Waals surface area contributed by atoms with E-state index in [4.69, 9.17) is 16.9 Å². The van der Waals surface area contributed by atoms with E-state index in [-0.39, 0.29) is 0 Å². The van der Waals surface area contributed by atoms with Crippen LogP contribution in [0.4, 0.5) is 5.69 Å². The molecule has 2 nitrogen and oxygen atoms in total. The highest BCUT2D eigenvalue weighted by atomic mass is 35.5. The van der Waals surface area contributed by atoms with Gasteiger partial charge >= 0.3 is 0 Å². The summed E-state index contributed by atoms with van der Waals surface area (Å²) < 4.78 is 0. The molecule has 1 unspecified atom stereocenters. The molecule has 0 saturated carbocycles. The first-order chi connectivity index (χ1) is 8.02. The van der Waals surface area contributed by atoms with Crippen LogP contribution in [0, 0.1) is 17.2 Å². The number of nitriles is 1. The Bertz CT molecular complexity index is 407. The van der Waals surface area contributed by atoms with Crippen LogP contribution in [0.2, 0.25) is 5.02 Å². The van der Waals surface area contributed by atoms with Gasteiger partial charge in [-0.15, -0.1) is 0 Å². The summed E-state index contributed by atoms with van der Waals surface area (Å²) in [5.41, 5.74) is 1.50. The fourth-order valence-corrected chi connectivity index (χ4v) is 1.86. The number of rotatable bonds is 5. The zero-order valence-electron chi connectivity index (χ0n) is 10.6. The summed E-state index contributed by atoms with van der Waals surface area (Å²) in [5, 5.41) is 12.7. The van der Waals surface area contributed by atoms with Crippen molar-refractivity contribution in [2.75, 3.05) is 5.32 Å². The van der Waals surface area contributed by atoms with Crippen molar-refractivity contribution < 1.29 is 0 Å². The Morgan fingerprint density at radius 3 is 2.53 bits per heavy atom. The third kappa shape index (κ3) is 4.66. The molecule has 0 saturated heterocycles. The third-order valence-electron chi connectivity index (χ3n) is 2.68. The van der Waals surface area contributed by atoms with Gasteiger partial charge in [0, 0.05) is 6.04 Å². The molecule has 0 aliphatic rings. The van der Waals surface area contributed by atoms with Gasteiger partial charge in [-0.3, -0.25) is 0 Å². The number of nitrogens with one attached hydrogen (secondary N) is 1. The van der Waals surface area contributed by atoms with Crippen molar-refractivity contribution in [3.05, 3.63) is 28.8 Å². The van der Waals surface area contributed by atoms with Gasteiger partial charge in [0.15, 0.2) is 0 Å². The lowest BCUT2D eigenvalue weighted by molar-refractivity contribution is 0.528. The van der Waals surface area contributed by atoms with E-state index in [0.717, 1.165) is 18.0 Å². The van der Waals surface area contributed by atoms with Gasteiger partial charge in [0.05, 0.1) is 22.3 Å². The van der Waals surface area contributed by atoms with Crippen molar-refractivity contribution in [2.24, 2.45) is 5.92 Å². The van der Waals surface area contributed by atoms with Crippen LogP contribution in [-0.4, -0.2) is 6.04 Å². The van der Waals surface area contributed by atoms with Crippen LogP contribution in [0.15, 0.2) is 18.2 Å². The van der Waals surface area contributed by atoms with Gasteiger partial charge in [-0.2, -0.15) is 5.26 Å². The lowest BCUT2D eigenvalue weighted by Crippen LogP contribution is -2.16. The summed E-state index contributed by atoms with van der Waals surface area (Å²) in [5.74, 6) is 0.718. The molecule has 0 spiro atoms. The predicted octanol–water partition coefficient (Wildman–Crippen LogP) is 4.45. The molecule has 0 aromatic heterocycles. The summed E-state index contributed by atoms with van der Waals surface area (Å²) in [6.07, 6.45) is 2.32. The van der Waals surface area contributed by atoms with E-state index in [1.807, 2.05) is 6.07 Å². The van der Waals surface area contributed by atoms with Gasteiger partial charge in [0.1, 0.15) is 0 Å². The first kappa shape index (κ1) is 13.9. The van der Waals surface area contributed by atoms with Crippen molar-refractivity contribution >= 4 is 17.3 Å². The first-order valence-electron chi connectivity index (χ1n) is 5.99. The fraction of sp³-hybridized carbons (Fsp3) is 0.500. The van der Waals surface area contributed by atoms with E-state index in [0.29, 0.717) is 16.6 Å². The van der Waals surface area contributed by atoms with Crippen LogP contribution in [0.3, 0.4) is 0 Å². The molecule has 0 heterocycles. The normalized spacial score (nSPS) is 12.2. The number of halogens is 1. The molecule has 1 rings (SSSR count). The van der Waals surface area contributed by atoms with Gasteiger partial charge in [0.2, 0.25) is 0 Å². The molecule has 1 atom stereocenters. The average molecular weight is 251 g/mol. The molecule has 92 valence electrons. The zero-order valence-corrected chi connectivity index (χ0v) is 11.4. The Hall–Kier alpha value is -1.20. The van der Waals surface area contributed by atoms with Gasteiger partial charge in [-0.1, -0.05) is 25.4 Å². The standard InChI is InChI=1S/C14H19ClN2/c1-10(2)4-5-11(3)17-14-7-6-12(9-16)8-13(14)15/h6-8,10-11,17H,4-5H2,1-3H3. The summed E-state index contributed by atoms with van der Waals surface area (Å²) >= 11 is 6.10. The molecule has 0 aliphatic carbocycles. The Kier molecular flexibility index (Phi) is 5.31. The number of hydrogen-bond donors (Lipinski definition) is 1. The molecule has 17 heavy (non-hydrogen) atoms. The summed E-state index contributed by atoms with van der Waals surface area (Å²) in [6.45, 7) is 6.60. The third-order valence-corrected chi connectivity index (χ3v) is 2.99. The van der Waals surface area contributed by atoms with Gasteiger partial charge in [0.25, 0.3) is 0 Å². The fourth-order valence-electron chi connectivity index (χ4n) is 1.62. The lowest BCUT2D eigenvalue weighted by atomic mass is 10.0. The van der Waals surface area contributed by atoms with Crippen LogP contribution in [0.5, 0.6) is 0 Å². The maximum atomic E-state index is 8.75. The largest absolute Gasteiger partial charge is 0.381 e. The molecule has 0 radical (unpaired) electrons. The molecular formula is C14H19ClN2. The predicted molar refractivity (Wildman–Crippen MR) is 73.3 cm³/mol. The van der Waals surface area contributed by atoms with E-state index in [1.165, 1.54) is 6.42 Å². The second-order valence-corrected chi connectivity index (χ2v) is 5.23. The first-order valence-corrected chi connectivity index (χ1v) is 6.37. The van der Waals surface area contributed by atoms with Crippen LogP contribution >= 0.6 is 11.6 Å². The Labute approximate surface area is 109 Å². The molecule has 1 aromatic carbocycles. The quantitative estimate of drug-likeness (QED) is 0.838. The molecule has 0 amide bonds. The Morgan fingerprint density at radius 1 is 1.29 bits per heavy atom. The molecular weight excluding hydrogens is 232 g/mol. The molecule has 1 N–H and O–H groups in total. The number of nitrogens with zero attached hydrogens (tertiary/aromatic N) is 1. The average Bonchev–Trinajstić information content (AvgIpc) is 2.29. The topological polar surface area (TPSA) is 35.8 Å². The van der Waals surface area contributed by atoms with Gasteiger partial charge < -0.3 is 5.32 Å². The highest BCUT2D eigenvalue weighted by Gasteiger charge is 2.07. The molecule has 0 fully saturated rings. The smallest absolute Gasteiger partial charge is 0.0992 e. The lowest BCUT2D eigenvalue weighted by Gasteiger charge is -2.17. The molecule has 0 aliphatic heterocycles. The van der Waals surface area contributed by atoms with Crippen molar-refractivity contribution in [2.45, 2.75) is 39.7 Å². The van der Waals surface area contributed by atoms with E-state index < -0.39 is 0 Å². The van der Waals surface area contributed by atoms with E-state index in [9.17, 15) is 0 Å². The minimum absolute atomic E-state index is 0.392. The van der Waals surface area contributed by atoms with Gasteiger partial charge in [-0.25, -0.2) is 0 Å². The Balaban J connectivity index is 2.60. The SMILES string of the molecule is CC(C)CCC(C)Nc1ccc(C#N)cc1Cl. The highest BCUT2D eigenvalue weighted by Crippen LogP contribution is 2.24. The molecule has 0 bridgehead atoms. The van der Waals surface area contributed by atoms with Crippen molar-refractivity contribution in [1.29, 1.82) is 5.26 Å². The zero-order chi connectivity index (χ0) is 12.8. The maximum absolute atomic E-state index is 8.75. The van der Waals surface area contributed by atoms with Crippen LogP contribution < -0.4 is 5.32 Å². The molecule has 3 heteroatoms. The minimum atomic E-state index is 0.392. The van der Waals surface area contributed by atoms with Crippen LogP contribution in [-0.2, 0) is 0 Å². The van der Waals surface area contributed by atoms with E-state index in [1.54, 1.807) is 12.1 Å². The summed E-state index contributed by atoms with van der Waals surface area (Å²) in [6, 6.07) is 7.81. The number of hydrogen-bond acceptors (Lipinski definition) is 2. The van der Waals surface area contributed by atoms with E-state index >= 15 is 0 Å². The van der Waals surface area contributed by atoms with Crippen molar-refractivity contribution in [3.8, 4) is 6.07 Å². The molecule has 1 aromatic rings. The summed E-state index contributed by atoms with van der Waals surface area (Å²) in [7, 11) is 0. The number of anilines is 1. The minimum Gasteiger partial charge on any atom is -0.381 e. The summed E-state index contributed by atoms with van der Waals surface area (Å²) in [4.78, 5) is 0. The number of benzene rings is 1. The Morgan fingerprint density at radius 2 is 2.00 bits per heavy atom. The second kappa shape index (κ2) is 6.51. The maximum Gasteiger partial charge on any atom is 0.0992 e. The van der Waals surface area contributed by atoms with E-state index in [2.05, 4.69) is 32.2 Å².